The number of hydrogen-bond acceptors (Lipinski definition) is 8. The van der Waals surface area contributed by atoms with Crippen LogP contribution in [0.4, 0.5) is 17.5 Å². The van der Waals surface area contributed by atoms with Gasteiger partial charge in [-0.05, 0) is 5.56 Å². The van der Waals surface area contributed by atoms with Crippen molar-refractivity contribution in [2.75, 3.05) is 43.4 Å². The fourth-order valence-corrected chi connectivity index (χ4v) is 2.83. The fraction of sp³-hybridized carbons (Fsp3) is 0.353. The number of nitro groups is 1. The maximum Gasteiger partial charge on any atom is 0.329 e. The summed E-state index contributed by atoms with van der Waals surface area (Å²) >= 11 is 0. The molecule has 10 nitrogen and oxygen atoms in total. The van der Waals surface area contributed by atoms with E-state index in [2.05, 4.69) is 15.3 Å². The average molecular weight is 371 g/mol. The molecule has 0 aliphatic carbocycles. The van der Waals surface area contributed by atoms with Crippen LogP contribution >= 0.6 is 0 Å². The van der Waals surface area contributed by atoms with E-state index in [4.69, 9.17) is 5.73 Å². The van der Waals surface area contributed by atoms with Crippen LogP contribution in [-0.2, 0) is 11.3 Å². The number of hydrogen-bond donors (Lipinski definition) is 2. The summed E-state index contributed by atoms with van der Waals surface area (Å²) in [7, 11) is 0. The van der Waals surface area contributed by atoms with Crippen LogP contribution in [0.5, 0.6) is 0 Å². The number of carbonyl (C=O) groups is 1. The summed E-state index contributed by atoms with van der Waals surface area (Å²) in [6, 6.07) is 9.75. The molecule has 2 aromatic rings. The van der Waals surface area contributed by atoms with Crippen LogP contribution in [0.1, 0.15) is 5.56 Å². The Hall–Kier alpha value is -3.27. The highest BCUT2D eigenvalue weighted by molar-refractivity contribution is 5.78. The Balaban J connectivity index is 1.46. The summed E-state index contributed by atoms with van der Waals surface area (Å²) in [6.07, 6.45) is 1.13. The van der Waals surface area contributed by atoms with Gasteiger partial charge in [-0.3, -0.25) is 19.8 Å². The Morgan fingerprint density at radius 2 is 1.93 bits per heavy atom. The predicted molar refractivity (Wildman–Crippen MR) is 100 cm³/mol. The second kappa shape index (κ2) is 8.41. The first-order valence-corrected chi connectivity index (χ1v) is 8.58. The molecule has 0 bridgehead atoms. The van der Waals surface area contributed by atoms with Gasteiger partial charge < -0.3 is 16.0 Å². The number of nitrogens with zero attached hydrogens (tertiary/aromatic N) is 5. The normalized spacial score (nSPS) is 14.7. The number of piperazine rings is 1. The zero-order valence-corrected chi connectivity index (χ0v) is 14.7. The van der Waals surface area contributed by atoms with Crippen LogP contribution in [0.3, 0.4) is 0 Å². The second-order valence-corrected chi connectivity index (χ2v) is 6.22. The molecule has 10 heteroatoms. The van der Waals surface area contributed by atoms with Crippen LogP contribution in [0.25, 0.3) is 0 Å². The number of carbonyl (C=O) groups excluding carboxylic acids is 1. The first kappa shape index (κ1) is 18.5. The van der Waals surface area contributed by atoms with Crippen molar-refractivity contribution in [2.45, 2.75) is 6.54 Å². The lowest BCUT2D eigenvalue weighted by molar-refractivity contribution is -0.384. The lowest BCUT2D eigenvalue weighted by Crippen LogP contribution is -2.49. The van der Waals surface area contributed by atoms with Gasteiger partial charge in [-0.1, -0.05) is 30.3 Å². The molecule has 1 fully saturated rings. The molecular weight excluding hydrogens is 350 g/mol. The van der Waals surface area contributed by atoms with Crippen molar-refractivity contribution in [3.8, 4) is 0 Å². The van der Waals surface area contributed by atoms with Crippen LogP contribution in [0, 0.1) is 10.1 Å². The van der Waals surface area contributed by atoms with Gasteiger partial charge >= 0.3 is 5.69 Å². The Bertz CT molecular complexity index is 807. The molecule has 1 aliphatic heterocycles. The minimum atomic E-state index is -0.606. The van der Waals surface area contributed by atoms with Gasteiger partial charge in [0.25, 0.3) is 0 Å². The van der Waals surface area contributed by atoms with E-state index < -0.39 is 4.92 Å². The molecule has 1 aliphatic rings. The third kappa shape index (κ3) is 4.88. The van der Waals surface area contributed by atoms with Gasteiger partial charge in [0.05, 0.1) is 11.5 Å². The first-order valence-electron chi connectivity index (χ1n) is 8.58. The molecule has 3 N–H and O–H groups in total. The van der Waals surface area contributed by atoms with E-state index in [1.54, 1.807) is 0 Å². The predicted octanol–water partition coefficient (Wildman–Crippen LogP) is 0.405. The highest BCUT2D eigenvalue weighted by Gasteiger charge is 2.22. The molecule has 1 aromatic heterocycles. The van der Waals surface area contributed by atoms with Crippen molar-refractivity contribution >= 4 is 23.4 Å². The fourth-order valence-electron chi connectivity index (χ4n) is 2.83. The van der Waals surface area contributed by atoms with E-state index in [0.717, 1.165) is 11.8 Å². The summed E-state index contributed by atoms with van der Waals surface area (Å²) in [5.74, 6) is 0.196. The number of nitrogen functional groups attached to an aromatic ring is 1. The largest absolute Gasteiger partial charge is 0.378 e. The maximum absolute atomic E-state index is 12.1. The van der Waals surface area contributed by atoms with E-state index >= 15 is 0 Å². The summed E-state index contributed by atoms with van der Waals surface area (Å²) < 4.78 is 0. The Morgan fingerprint density at radius 3 is 2.56 bits per heavy atom. The lowest BCUT2D eigenvalue weighted by Gasteiger charge is -2.34. The van der Waals surface area contributed by atoms with Crippen LogP contribution < -0.4 is 16.0 Å². The maximum atomic E-state index is 12.1. The molecule has 0 atom stereocenters. The average Bonchev–Trinajstić information content (AvgIpc) is 2.67. The first-order chi connectivity index (χ1) is 13.0. The monoisotopic (exact) mass is 371 g/mol. The van der Waals surface area contributed by atoms with E-state index in [-0.39, 0.29) is 17.4 Å². The zero-order valence-electron chi connectivity index (χ0n) is 14.7. The van der Waals surface area contributed by atoms with E-state index in [1.807, 2.05) is 40.1 Å². The van der Waals surface area contributed by atoms with Crippen LogP contribution in [0.15, 0.2) is 36.5 Å². The Kier molecular flexibility index (Phi) is 5.77. The molecule has 0 spiro atoms. The van der Waals surface area contributed by atoms with Gasteiger partial charge in [0.1, 0.15) is 6.20 Å². The lowest BCUT2D eigenvalue weighted by atomic mass is 10.2. The number of nitrogens with two attached hydrogens (primary N) is 1. The summed E-state index contributed by atoms with van der Waals surface area (Å²) in [5, 5.41) is 13.7. The highest BCUT2D eigenvalue weighted by Crippen LogP contribution is 2.20. The molecule has 1 saturated heterocycles. The van der Waals surface area contributed by atoms with Crippen LogP contribution in [-0.4, -0.2) is 58.4 Å². The molecule has 142 valence electrons. The van der Waals surface area contributed by atoms with Crippen molar-refractivity contribution < 1.29 is 9.72 Å². The van der Waals surface area contributed by atoms with Crippen molar-refractivity contribution in [2.24, 2.45) is 0 Å². The molecule has 0 saturated carbocycles. The molecule has 0 radical (unpaired) electrons. The third-order valence-electron chi connectivity index (χ3n) is 4.34. The van der Waals surface area contributed by atoms with Crippen molar-refractivity contribution in [1.29, 1.82) is 0 Å². The van der Waals surface area contributed by atoms with E-state index in [9.17, 15) is 14.9 Å². The number of rotatable bonds is 6. The summed E-state index contributed by atoms with van der Waals surface area (Å²) in [4.78, 5) is 34.3. The highest BCUT2D eigenvalue weighted by atomic mass is 16.6. The molecule has 0 unspecified atom stereocenters. The van der Waals surface area contributed by atoms with Gasteiger partial charge in [-0.25, -0.2) is 4.98 Å². The molecule has 1 aromatic carbocycles. The molecule has 3 rings (SSSR count). The summed E-state index contributed by atoms with van der Waals surface area (Å²) in [6.45, 7) is 3.39. The quantitative estimate of drug-likeness (QED) is 0.551. The zero-order chi connectivity index (χ0) is 19.2. The number of nitrogens with one attached hydrogen (secondary N) is 1. The van der Waals surface area contributed by atoms with E-state index in [1.165, 1.54) is 0 Å². The number of anilines is 2. The van der Waals surface area contributed by atoms with Crippen molar-refractivity contribution in [3.63, 3.8) is 0 Å². The summed E-state index contributed by atoms with van der Waals surface area (Å²) in [5.41, 5.74) is 6.38. The standard InChI is InChI=1S/C17H21N7O3/c18-16-14(24(26)27)11-20-17(21-16)23-8-6-22(7-9-23)12-15(25)19-10-13-4-2-1-3-5-13/h1-5,11H,6-10,12H2,(H,19,25)(H2,18,20,21). The van der Waals surface area contributed by atoms with Gasteiger partial charge in [-0.15, -0.1) is 0 Å². The molecular formula is C17H21N7O3. The Morgan fingerprint density at radius 1 is 1.22 bits per heavy atom. The Labute approximate surface area is 156 Å². The van der Waals surface area contributed by atoms with E-state index in [0.29, 0.717) is 45.2 Å². The number of amides is 1. The molecule has 27 heavy (non-hydrogen) atoms. The van der Waals surface area contributed by atoms with Crippen molar-refractivity contribution in [3.05, 3.63) is 52.2 Å². The SMILES string of the molecule is Nc1nc(N2CCN(CC(=O)NCc3ccccc3)CC2)ncc1[N+](=O)[O-]. The van der Waals surface area contributed by atoms with Gasteiger partial charge in [0, 0.05) is 32.7 Å². The molecule has 2 heterocycles. The van der Waals surface area contributed by atoms with Gasteiger partial charge in [-0.2, -0.15) is 4.98 Å². The van der Waals surface area contributed by atoms with Gasteiger partial charge in [0.15, 0.2) is 0 Å². The van der Waals surface area contributed by atoms with Crippen molar-refractivity contribution in [1.82, 2.24) is 20.2 Å². The smallest absolute Gasteiger partial charge is 0.329 e. The van der Waals surface area contributed by atoms with Crippen LogP contribution in [0.2, 0.25) is 0 Å². The minimum absolute atomic E-state index is 0.0249. The number of aromatic nitrogens is 2. The minimum Gasteiger partial charge on any atom is -0.378 e. The third-order valence-corrected chi connectivity index (χ3v) is 4.34. The number of benzene rings is 1. The van der Waals surface area contributed by atoms with Gasteiger partial charge in [0.2, 0.25) is 17.7 Å². The second-order valence-electron chi connectivity index (χ2n) is 6.22. The molecule has 1 amide bonds. The topological polar surface area (TPSA) is 131 Å².